The summed E-state index contributed by atoms with van der Waals surface area (Å²) in [5, 5.41) is 3.43. The maximum absolute atomic E-state index is 5.80. The molecule has 0 saturated heterocycles. The molecule has 1 aliphatic rings. The molecule has 1 aromatic heterocycles. The Labute approximate surface area is 108 Å². The molecule has 0 radical (unpaired) electrons. The van der Waals surface area contributed by atoms with Crippen LogP contribution in [0.25, 0.3) is 0 Å². The number of nitrogens with two attached hydrogens (primary N) is 1. The van der Waals surface area contributed by atoms with Gasteiger partial charge in [-0.05, 0) is 25.7 Å². The molecular formula is C13H22N4O. The molecule has 2 atom stereocenters. The van der Waals surface area contributed by atoms with Crippen LogP contribution in [-0.4, -0.2) is 29.2 Å². The predicted octanol–water partition coefficient (Wildman–Crippen LogP) is 1.99. The number of hydrogen-bond donors (Lipinski definition) is 2. The van der Waals surface area contributed by atoms with Crippen molar-refractivity contribution in [1.82, 2.24) is 9.97 Å². The van der Waals surface area contributed by atoms with Gasteiger partial charge in [0, 0.05) is 25.6 Å². The highest BCUT2D eigenvalue weighted by Gasteiger charge is 2.24. The number of ether oxygens (including phenoxy) is 1. The van der Waals surface area contributed by atoms with Crippen molar-refractivity contribution < 1.29 is 4.74 Å². The van der Waals surface area contributed by atoms with E-state index >= 15 is 0 Å². The monoisotopic (exact) mass is 250 g/mol. The van der Waals surface area contributed by atoms with Crippen molar-refractivity contribution in [3.8, 4) is 0 Å². The van der Waals surface area contributed by atoms with Crippen LogP contribution in [0.1, 0.15) is 38.4 Å². The summed E-state index contributed by atoms with van der Waals surface area (Å²) in [6, 6.07) is 2.23. The van der Waals surface area contributed by atoms with Gasteiger partial charge < -0.3 is 15.8 Å². The van der Waals surface area contributed by atoms with Gasteiger partial charge in [0.1, 0.15) is 17.5 Å². The lowest BCUT2D eigenvalue weighted by atomic mass is 10.2. The lowest BCUT2D eigenvalue weighted by Crippen LogP contribution is -2.19. The van der Waals surface area contributed by atoms with Crippen molar-refractivity contribution in [2.45, 2.75) is 51.2 Å². The molecule has 0 amide bonds. The van der Waals surface area contributed by atoms with Crippen molar-refractivity contribution >= 4 is 11.6 Å². The summed E-state index contributed by atoms with van der Waals surface area (Å²) in [4.78, 5) is 8.73. The lowest BCUT2D eigenvalue weighted by molar-refractivity contribution is 0.108. The van der Waals surface area contributed by atoms with Crippen LogP contribution in [0.4, 0.5) is 11.6 Å². The fourth-order valence-electron chi connectivity index (χ4n) is 2.42. The third-order valence-electron chi connectivity index (χ3n) is 3.34. The zero-order valence-corrected chi connectivity index (χ0v) is 11.1. The molecule has 100 valence electrons. The van der Waals surface area contributed by atoms with E-state index in [-0.39, 0.29) is 0 Å². The number of methoxy groups -OCH3 is 1. The maximum Gasteiger partial charge on any atom is 0.133 e. The van der Waals surface area contributed by atoms with Gasteiger partial charge in [-0.1, -0.05) is 6.92 Å². The Morgan fingerprint density at radius 3 is 2.94 bits per heavy atom. The minimum atomic E-state index is 0.372. The van der Waals surface area contributed by atoms with Gasteiger partial charge in [-0.15, -0.1) is 0 Å². The largest absolute Gasteiger partial charge is 0.384 e. The van der Waals surface area contributed by atoms with Gasteiger partial charge in [0.15, 0.2) is 0 Å². The molecule has 18 heavy (non-hydrogen) atoms. The van der Waals surface area contributed by atoms with Gasteiger partial charge in [0.05, 0.1) is 6.10 Å². The zero-order chi connectivity index (χ0) is 13.0. The molecule has 1 fully saturated rings. The van der Waals surface area contributed by atoms with Gasteiger partial charge >= 0.3 is 0 Å². The Morgan fingerprint density at radius 2 is 2.28 bits per heavy atom. The third kappa shape index (κ3) is 3.32. The van der Waals surface area contributed by atoms with Crippen molar-refractivity contribution in [2.75, 3.05) is 18.2 Å². The SMILES string of the molecule is CCCc1nc(N)cc(NC2CCC(OC)C2)n1. The first kappa shape index (κ1) is 13.1. The fourth-order valence-corrected chi connectivity index (χ4v) is 2.42. The Kier molecular flexibility index (Phi) is 4.36. The summed E-state index contributed by atoms with van der Waals surface area (Å²) in [7, 11) is 1.77. The molecule has 1 saturated carbocycles. The molecule has 0 spiro atoms. The zero-order valence-electron chi connectivity index (χ0n) is 11.1. The highest BCUT2D eigenvalue weighted by atomic mass is 16.5. The Bertz CT molecular complexity index is 397. The van der Waals surface area contributed by atoms with E-state index in [9.17, 15) is 0 Å². The molecule has 5 nitrogen and oxygen atoms in total. The van der Waals surface area contributed by atoms with Crippen LogP contribution in [0, 0.1) is 0 Å². The van der Waals surface area contributed by atoms with Crippen LogP contribution < -0.4 is 11.1 Å². The molecule has 2 rings (SSSR count). The predicted molar refractivity (Wildman–Crippen MR) is 72.5 cm³/mol. The van der Waals surface area contributed by atoms with Crippen molar-refractivity contribution in [2.24, 2.45) is 0 Å². The summed E-state index contributed by atoms with van der Waals surface area (Å²) in [6.07, 6.45) is 5.52. The first-order chi connectivity index (χ1) is 8.71. The molecule has 2 unspecified atom stereocenters. The molecule has 1 aliphatic carbocycles. The summed E-state index contributed by atoms with van der Waals surface area (Å²) in [5.74, 6) is 2.20. The number of aromatic nitrogens is 2. The third-order valence-corrected chi connectivity index (χ3v) is 3.34. The van der Waals surface area contributed by atoms with Crippen LogP contribution in [0.15, 0.2) is 6.07 Å². The quantitative estimate of drug-likeness (QED) is 0.836. The molecule has 0 bridgehead atoms. The van der Waals surface area contributed by atoms with E-state index in [2.05, 4.69) is 22.2 Å². The maximum atomic E-state index is 5.80. The van der Waals surface area contributed by atoms with E-state index in [4.69, 9.17) is 10.5 Å². The number of nitrogens with one attached hydrogen (secondary N) is 1. The minimum absolute atomic E-state index is 0.372. The van der Waals surface area contributed by atoms with E-state index in [1.54, 1.807) is 13.2 Å². The molecule has 0 aromatic carbocycles. The van der Waals surface area contributed by atoms with Crippen molar-refractivity contribution in [3.63, 3.8) is 0 Å². The van der Waals surface area contributed by atoms with Crippen molar-refractivity contribution in [1.29, 1.82) is 0 Å². The highest BCUT2D eigenvalue weighted by Crippen LogP contribution is 2.24. The molecule has 5 heteroatoms. The molecule has 0 aliphatic heterocycles. The van der Waals surface area contributed by atoms with Gasteiger partial charge in [0.2, 0.25) is 0 Å². The number of hydrogen-bond acceptors (Lipinski definition) is 5. The lowest BCUT2D eigenvalue weighted by Gasteiger charge is -2.14. The second-order valence-electron chi connectivity index (χ2n) is 4.86. The second-order valence-corrected chi connectivity index (χ2v) is 4.86. The molecule has 3 N–H and O–H groups in total. The second kappa shape index (κ2) is 6.00. The highest BCUT2D eigenvalue weighted by molar-refractivity contribution is 5.45. The van der Waals surface area contributed by atoms with Crippen LogP contribution in [0.3, 0.4) is 0 Å². The first-order valence-electron chi connectivity index (χ1n) is 6.64. The number of nitrogens with zero attached hydrogens (tertiary/aromatic N) is 2. The molecule has 1 aromatic rings. The summed E-state index contributed by atoms with van der Waals surface area (Å²) in [5.41, 5.74) is 5.80. The van der Waals surface area contributed by atoms with Gasteiger partial charge in [-0.3, -0.25) is 0 Å². The topological polar surface area (TPSA) is 73.1 Å². The minimum Gasteiger partial charge on any atom is -0.384 e. The van der Waals surface area contributed by atoms with E-state index in [1.807, 2.05) is 0 Å². The van der Waals surface area contributed by atoms with E-state index < -0.39 is 0 Å². The van der Waals surface area contributed by atoms with Gasteiger partial charge in [-0.2, -0.15) is 0 Å². The van der Waals surface area contributed by atoms with E-state index in [1.165, 1.54) is 0 Å². The number of anilines is 2. The van der Waals surface area contributed by atoms with E-state index in [0.717, 1.165) is 43.7 Å². The summed E-state index contributed by atoms with van der Waals surface area (Å²) < 4.78 is 5.37. The van der Waals surface area contributed by atoms with Crippen LogP contribution in [0.2, 0.25) is 0 Å². The fraction of sp³-hybridized carbons (Fsp3) is 0.692. The number of rotatable bonds is 5. The average Bonchev–Trinajstić information content (AvgIpc) is 2.76. The van der Waals surface area contributed by atoms with E-state index in [0.29, 0.717) is 18.0 Å². The van der Waals surface area contributed by atoms with Crippen LogP contribution in [-0.2, 0) is 11.2 Å². The number of nitrogen functional groups attached to an aromatic ring is 1. The average molecular weight is 250 g/mol. The Hall–Kier alpha value is -1.36. The number of aryl methyl sites for hydroxylation is 1. The van der Waals surface area contributed by atoms with Crippen LogP contribution >= 0.6 is 0 Å². The summed E-state index contributed by atoms with van der Waals surface area (Å²) >= 11 is 0. The standard InChI is InChI=1S/C13H22N4O/c1-3-4-12-16-11(14)8-13(17-12)15-9-5-6-10(7-9)18-2/h8-10H,3-7H2,1-2H3,(H3,14,15,16,17). The Balaban J connectivity index is 2.00. The Morgan fingerprint density at radius 1 is 1.44 bits per heavy atom. The first-order valence-corrected chi connectivity index (χ1v) is 6.64. The normalized spacial score (nSPS) is 23.2. The van der Waals surface area contributed by atoms with Crippen molar-refractivity contribution in [3.05, 3.63) is 11.9 Å². The van der Waals surface area contributed by atoms with Gasteiger partial charge in [-0.25, -0.2) is 9.97 Å². The molecular weight excluding hydrogens is 228 g/mol. The smallest absolute Gasteiger partial charge is 0.133 e. The van der Waals surface area contributed by atoms with Gasteiger partial charge in [0.25, 0.3) is 0 Å². The summed E-state index contributed by atoms with van der Waals surface area (Å²) in [6.45, 7) is 2.11. The van der Waals surface area contributed by atoms with Crippen LogP contribution in [0.5, 0.6) is 0 Å². The molecule has 1 heterocycles.